The van der Waals surface area contributed by atoms with Crippen LogP contribution in [0.1, 0.15) is 24.1 Å². The summed E-state index contributed by atoms with van der Waals surface area (Å²) in [7, 11) is 0. The second kappa shape index (κ2) is 6.60. The van der Waals surface area contributed by atoms with Gasteiger partial charge in [0.15, 0.2) is 0 Å². The molecule has 0 aliphatic carbocycles. The Bertz CT molecular complexity index is 664. The van der Waals surface area contributed by atoms with Crippen molar-refractivity contribution in [2.45, 2.75) is 19.5 Å². The van der Waals surface area contributed by atoms with Crippen molar-refractivity contribution in [1.29, 1.82) is 0 Å². The van der Waals surface area contributed by atoms with E-state index in [1.165, 1.54) is 18.2 Å². The normalized spacial score (nSPS) is 12.4. The van der Waals surface area contributed by atoms with Crippen molar-refractivity contribution >= 4 is 23.2 Å². The van der Waals surface area contributed by atoms with Crippen molar-refractivity contribution in [3.63, 3.8) is 0 Å². The first-order chi connectivity index (χ1) is 9.88. The molecule has 0 saturated heterocycles. The molecule has 112 valence electrons. The molecular weight excluding hydrogens is 319 g/mol. The number of aromatic hydroxyl groups is 1. The van der Waals surface area contributed by atoms with E-state index in [9.17, 15) is 13.9 Å². The molecule has 0 radical (unpaired) electrons. The number of phenolic OH excluding ortho intramolecular Hbond substituents is 1. The van der Waals surface area contributed by atoms with E-state index < -0.39 is 11.6 Å². The second-order valence-electron chi connectivity index (χ2n) is 4.66. The Balaban J connectivity index is 2.12. The second-order valence-corrected chi connectivity index (χ2v) is 5.51. The monoisotopic (exact) mass is 331 g/mol. The van der Waals surface area contributed by atoms with Gasteiger partial charge >= 0.3 is 0 Å². The molecule has 6 heteroatoms. The Morgan fingerprint density at radius 3 is 2.57 bits per heavy atom. The van der Waals surface area contributed by atoms with Gasteiger partial charge in [-0.3, -0.25) is 0 Å². The summed E-state index contributed by atoms with van der Waals surface area (Å²) in [5.74, 6) is -1.31. The molecule has 0 bridgehead atoms. The van der Waals surface area contributed by atoms with Gasteiger partial charge in [-0.25, -0.2) is 8.78 Å². The molecule has 2 rings (SSSR count). The Morgan fingerprint density at radius 1 is 1.19 bits per heavy atom. The average Bonchev–Trinajstić information content (AvgIpc) is 2.40. The first kappa shape index (κ1) is 16.0. The van der Waals surface area contributed by atoms with Crippen LogP contribution in [-0.2, 0) is 6.54 Å². The summed E-state index contributed by atoms with van der Waals surface area (Å²) in [6.45, 7) is 1.98. The first-order valence-electron chi connectivity index (χ1n) is 6.23. The summed E-state index contributed by atoms with van der Waals surface area (Å²) in [5.41, 5.74) is 0.839. The molecule has 2 aromatic rings. The number of benzene rings is 2. The molecule has 2 N–H and O–H groups in total. The van der Waals surface area contributed by atoms with E-state index in [-0.39, 0.29) is 23.4 Å². The van der Waals surface area contributed by atoms with Gasteiger partial charge in [-0.05, 0) is 25.1 Å². The van der Waals surface area contributed by atoms with E-state index in [0.717, 1.165) is 6.07 Å². The van der Waals surface area contributed by atoms with Gasteiger partial charge in [-0.1, -0.05) is 29.3 Å². The lowest BCUT2D eigenvalue weighted by Crippen LogP contribution is -2.19. The molecule has 0 aromatic heterocycles. The van der Waals surface area contributed by atoms with Gasteiger partial charge in [0.25, 0.3) is 0 Å². The minimum Gasteiger partial charge on any atom is -0.506 e. The first-order valence-corrected chi connectivity index (χ1v) is 6.99. The highest BCUT2D eigenvalue weighted by Gasteiger charge is 2.13. The maximum Gasteiger partial charge on any atom is 0.138 e. The largest absolute Gasteiger partial charge is 0.506 e. The van der Waals surface area contributed by atoms with Crippen LogP contribution in [0.3, 0.4) is 0 Å². The van der Waals surface area contributed by atoms with Gasteiger partial charge in [-0.15, -0.1) is 0 Å². The molecule has 0 spiro atoms. The van der Waals surface area contributed by atoms with Gasteiger partial charge < -0.3 is 10.4 Å². The van der Waals surface area contributed by atoms with E-state index in [1.54, 1.807) is 13.0 Å². The van der Waals surface area contributed by atoms with Gasteiger partial charge in [0.2, 0.25) is 0 Å². The van der Waals surface area contributed by atoms with E-state index in [1.807, 2.05) is 0 Å². The smallest absolute Gasteiger partial charge is 0.138 e. The molecule has 2 nitrogen and oxygen atoms in total. The SMILES string of the molecule is CC(NCc1cc(Cl)cc(Cl)c1O)c1ccc(F)cc1F. The van der Waals surface area contributed by atoms with Crippen LogP contribution in [-0.4, -0.2) is 5.11 Å². The van der Waals surface area contributed by atoms with E-state index in [4.69, 9.17) is 23.2 Å². The van der Waals surface area contributed by atoms with Gasteiger partial charge in [0.1, 0.15) is 17.4 Å². The van der Waals surface area contributed by atoms with Gasteiger partial charge in [0.05, 0.1) is 5.02 Å². The summed E-state index contributed by atoms with van der Waals surface area (Å²) >= 11 is 11.7. The molecule has 21 heavy (non-hydrogen) atoms. The number of hydrogen-bond donors (Lipinski definition) is 2. The molecule has 0 amide bonds. The number of phenols is 1. The molecule has 0 fully saturated rings. The van der Waals surface area contributed by atoms with Crippen molar-refractivity contribution in [2.75, 3.05) is 0 Å². The highest BCUT2D eigenvalue weighted by molar-refractivity contribution is 6.35. The minimum atomic E-state index is -0.622. The van der Waals surface area contributed by atoms with E-state index >= 15 is 0 Å². The van der Waals surface area contributed by atoms with Crippen LogP contribution in [0.15, 0.2) is 30.3 Å². The fourth-order valence-electron chi connectivity index (χ4n) is 1.98. The third kappa shape index (κ3) is 3.84. The third-order valence-corrected chi connectivity index (χ3v) is 3.64. The zero-order valence-electron chi connectivity index (χ0n) is 11.1. The van der Waals surface area contributed by atoms with E-state index in [0.29, 0.717) is 16.1 Å². The van der Waals surface area contributed by atoms with Crippen molar-refractivity contribution in [1.82, 2.24) is 5.32 Å². The highest BCUT2D eigenvalue weighted by atomic mass is 35.5. The number of rotatable bonds is 4. The molecule has 2 aromatic carbocycles. The van der Waals surface area contributed by atoms with Crippen LogP contribution in [0.4, 0.5) is 8.78 Å². The van der Waals surface area contributed by atoms with Crippen LogP contribution in [0.25, 0.3) is 0 Å². The standard InChI is InChI=1S/C15H13Cl2F2NO/c1-8(12-3-2-11(18)6-14(12)19)20-7-9-4-10(16)5-13(17)15(9)21/h2-6,8,20-21H,7H2,1H3. The quantitative estimate of drug-likeness (QED) is 0.841. The topological polar surface area (TPSA) is 32.3 Å². The Morgan fingerprint density at radius 2 is 1.90 bits per heavy atom. The zero-order valence-corrected chi connectivity index (χ0v) is 12.6. The van der Waals surface area contributed by atoms with Crippen molar-refractivity contribution in [3.05, 3.63) is 63.1 Å². The third-order valence-electron chi connectivity index (χ3n) is 3.13. The molecular formula is C15H13Cl2F2NO. The maximum atomic E-state index is 13.7. The fourth-order valence-corrected chi connectivity index (χ4v) is 2.52. The summed E-state index contributed by atoms with van der Waals surface area (Å²) in [6.07, 6.45) is 0. The van der Waals surface area contributed by atoms with Crippen molar-refractivity contribution < 1.29 is 13.9 Å². The number of nitrogens with one attached hydrogen (secondary N) is 1. The Kier molecular flexibility index (Phi) is 5.04. The zero-order chi connectivity index (χ0) is 15.6. The summed E-state index contributed by atoms with van der Waals surface area (Å²) in [6, 6.07) is 6.05. The Hall–Kier alpha value is -1.36. The van der Waals surface area contributed by atoms with E-state index in [2.05, 4.69) is 5.32 Å². The fraction of sp³-hybridized carbons (Fsp3) is 0.200. The lowest BCUT2D eigenvalue weighted by atomic mass is 10.1. The maximum absolute atomic E-state index is 13.7. The van der Waals surface area contributed by atoms with Crippen LogP contribution in [0, 0.1) is 11.6 Å². The summed E-state index contributed by atoms with van der Waals surface area (Å²) < 4.78 is 26.5. The molecule has 0 saturated carbocycles. The highest BCUT2D eigenvalue weighted by Crippen LogP contribution is 2.31. The van der Waals surface area contributed by atoms with Crippen LogP contribution in [0.2, 0.25) is 10.0 Å². The molecule has 1 unspecified atom stereocenters. The lowest BCUT2D eigenvalue weighted by molar-refractivity contribution is 0.458. The number of halogens is 4. The van der Waals surface area contributed by atoms with Crippen LogP contribution in [0.5, 0.6) is 5.75 Å². The lowest BCUT2D eigenvalue weighted by Gasteiger charge is -2.16. The average molecular weight is 332 g/mol. The van der Waals surface area contributed by atoms with Crippen molar-refractivity contribution in [3.8, 4) is 5.75 Å². The molecule has 0 aliphatic rings. The van der Waals surface area contributed by atoms with Crippen LogP contribution >= 0.6 is 23.2 Å². The molecule has 0 aliphatic heterocycles. The Labute approximate surface area is 131 Å². The molecule has 1 atom stereocenters. The molecule has 0 heterocycles. The number of hydrogen-bond acceptors (Lipinski definition) is 2. The van der Waals surface area contributed by atoms with Crippen LogP contribution < -0.4 is 5.32 Å². The van der Waals surface area contributed by atoms with Gasteiger partial charge in [-0.2, -0.15) is 0 Å². The predicted octanol–water partition coefficient (Wildman–Crippen LogP) is 4.83. The minimum absolute atomic E-state index is 0.0691. The van der Waals surface area contributed by atoms with Crippen molar-refractivity contribution in [2.24, 2.45) is 0 Å². The van der Waals surface area contributed by atoms with Gasteiger partial charge in [0, 0.05) is 34.8 Å². The predicted molar refractivity (Wildman–Crippen MR) is 79.7 cm³/mol. The summed E-state index contributed by atoms with van der Waals surface area (Å²) in [4.78, 5) is 0. The summed E-state index contributed by atoms with van der Waals surface area (Å²) in [5, 5.41) is 13.4.